The van der Waals surface area contributed by atoms with Crippen LogP contribution in [0.15, 0.2) is 45.8 Å². The molecule has 1 unspecified atom stereocenters. The van der Waals surface area contributed by atoms with Crippen molar-refractivity contribution < 1.29 is 9.50 Å². The fraction of sp³-hybridized carbons (Fsp3) is 0.278. The topological polar surface area (TPSA) is 113 Å². The Bertz CT molecular complexity index is 884. The minimum Gasteiger partial charge on any atom is -0.506 e. The third-order valence-electron chi connectivity index (χ3n) is 4.36. The predicted octanol–water partition coefficient (Wildman–Crippen LogP) is 2.12. The molecular weight excluding hydrogens is 335 g/mol. The summed E-state index contributed by atoms with van der Waals surface area (Å²) in [5.74, 6) is -0.822. The first-order chi connectivity index (χ1) is 12.4. The first-order valence-electron chi connectivity index (χ1n) is 8.26. The molecule has 2 aliphatic heterocycles. The maximum atomic E-state index is 14.6. The number of aromatic nitrogens is 1. The van der Waals surface area contributed by atoms with E-state index in [1.807, 2.05) is 6.92 Å². The number of hydrogen-bond acceptors (Lipinski definition) is 7. The van der Waals surface area contributed by atoms with Crippen molar-refractivity contribution in [2.45, 2.75) is 26.1 Å². The third-order valence-corrected chi connectivity index (χ3v) is 4.36. The number of nitrogens with zero attached hydrogens (tertiary/aromatic N) is 4. The average molecular weight is 356 g/mol. The first-order valence-corrected chi connectivity index (χ1v) is 8.26. The summed E-state index contributed by atoms with van der Waals surface area (Å²) >= 11 is 0. The molecule has 0 saturated heterocycles. The second-order valence-corrected chi connectivity index (χ2v) is 5.99. The Morgan fingerprint density at radius 3 is 2.88 bits per heavy atom. The average Bonchev–Trinajstić information content (AvgIpc) is 2.80. The molecule has 3 rings (SSSR count). The molecule has 0 fully saturated rings. The molecule has 7 nitrogen and oxygen atoms in total. The molecule has 0 spiro atoms. The van der Waals surface area contributed by atoms with Crippen LogP contribution < -0.4 is 11.5 Å². The first kappa shape index (κ1) is 17.8. The van der Waals surface area contributed by atoms with Gasteiger partial charge >= 0.3 is 0 Å². The predicted molar refractivity (Wildman–Crippen MR) is 101 cm³/mol. The van der Waals surface area contributed by atoms with Gasteiger partial charge in [0.15, 0.2) is 18.0 Å². The Morgan fingerprint density at radius 2 is 2.15 bits per heavy atom. The van der Waals surface area contributed by atoms with Crippen molar-refractivity contribution >= 4 is 23.3 Å². The largest absolute Gasteiger partial charge is 0.506 e. The molecule has 0 aromatic carbocycles. The number of nitrogens with two attached hydrogens (primary N) is 2. The minimum absolute atomic E-state index is 0.0177. The molecule has 1 atom stereocenters. The molecular formula is C18H21FN6O. The molecule has 1 aromatic rings. The van der Waals surface area contributed by atoms with Gasteiger partial charge in [-0.05, 0) is 30.5 Å². The van der Waals surface area contributed by atoms with Crippen LogP contribution in [0.3, 0.4) is 0 Å². The molecule has 26 heavy (non-hydrogen) atoms. The Morgan fingerprint density at radius 1 is 1.38 bits per heavy atom. The lowest BCUT2D eigenvalue weighted by molar-refractivity contribution is 0.358. The SMILES string of the molecule is CCC1=C(c2nc(C3=C(F)C(N)=NC=CC3)ccc2O)N(C)C(N)N=C1. The van der Waals surface area contributed by atoms with Gasteiger partial charge in [-0.1, -0.05) is 13.0 Å². The summed E-state index contributed by atoms with van der Waals surface area (Å²) in [6.07, 6.45) is 5.25. The summed E-state index contributed by atoms with van der Waals surface area (Å²) in [5, 5.41) is 10.4. The highest BCUT2D eigenvalue weighted by Gasteiger charge is 2.25. The zero-order chi connectivity index (χ0) is 18.8. The van der Waals surface area contributed by atoms with Crippen LogP contribution in [0.1, 0.15) is 31.2 Å². The van der Waals surface area contributed by atoms with Gasteiger partial charge in [0.1, 0.15) is 11.4 Å². The van der Waals surface area contributed by atoms with E-state index in [0.717, 1.165) is 5.57 Å². The molecule has 0 radical (unpaired) electrons. The fourth-order valence-corrected chi connectivity index (χ4v) is 2.88. The van der Waals surface area contributed by atoms with Gasteiger partial charge in [-0.2, -0.15) is 0 Å². The summed E-state index contributed by atoms with van der Waals surface area (Å²) in [7, 11) is 1.78. The second kappa shape index (κ2) is 7.09. The van der Waals surface area contributed by atoms with Crippen LogP contribution in [0.25, 0.3) is 11.3 Å². The van der Waals surface area contributed by atoms with Gasteiger partial charge in [-0.15, -0.1) is 0 Å². The molecule has 2 aliphatic rings. The van der Waals surface area contributed by atoms with Crippen molar-refractivity contribution in [2.24, 2.45) is 21.5 Å². The van der Waals surface area contributed by atoms with E-state index >= 15 is 0 Å². The van der Waals surface area contributed by atoms with Crippen molar-refractivity contribution in [3.05, 3.63) is 47.2 Å². The van der Waals surface area contributed by atoms with E-state index in [1.54, 1.807) is 30.3 Å². The summed E-state index contributed by atoms with van der Waals surface area (Å²) in [6.45, 7) is 1.97. The molecule has 0 aliphatic carbocycles. The Labute approximate surface area is 151 Å². The second-order valence-electron chi connectivity index (χ2n) is 5.99. The number of hydrogen-bond donors (Lipinski definition) is 3. The van der Waals surface area contributed by atoms with E-state index in [-0.39, 0.29) is 11.6 Å². The van der Waals surface area contributed by atoms with Crippen LogP contribution in [-0.4, -0.2) is 40.4 Å². The summed E-state index contributed by atoms with van der Waals surface area (Å²) in [5.41, 5.74) is 14.2. The van der Waals surface area contributed by atoms with E-state index in [9.17, 15) is 9.50 Å². The van der Waals surface area contributed by atoms with E-state index < -0.39 is 12.1 Å². The number of pyridine rings is 1. The van der Waals surface area contributed by atoms with E-state index in [2.05, 4.69) is 15.0 Å². The lowest BCUT2D eigenvalue weighted by Gasteiger charge is -2.31. The Balaban J connectivity index is 2.17. The van der Waals surface area contributed by atoms with E-state index in [0.29, 0.717) is 35.5 Å². The van der Waals surface area contributed by atoms with E-state index in [4.69, 9.17) is 11.5 Å². The smallest absolute Gasteiger partial charge is 0.173 e. The lowest BCUT2D eigenvalue weighted by Crippen LogP contribution is -2.39. The van der Waals surface area contributed by atoms with Crippen LogP contribution in [0.4, 0.5) is 4.39 Å². The van der Waals surface area contributed by atoms with Gasteiger partial charge in [0.05, 0.1) is 11.4 Å². The standard InChI is InChI=1S/C18H21FN6O/c1-3-10-9-23-18(21)25(2)16(10)15-13(26)7-6-12(24-15)11-5-4-8-22-17(20)14(11)19/h4,6-9,18,26H,3,5,21H2,1-2H3,(H2,20,22). The quantitative estimate of drug-likeness (QED) is 0.768. The van der Waals surface area contributed by atoms with Crippen molar-refractivity contribution in [2.75, 3.05) is 7.05 Å². The summed E-state index contributed by atoms with van der Waals surface area (Å²) in [4.78, 5) is 14.3. The van der Waals surface area contributed by atoms with Crippen LogP contribution in [0.2, 0.25) is 0 Å². The molecule has 136 valence electrons. The molecule has 0 saturated carbocycles. The normalized spacial score (nSPS) is 20.5. The van der Waals surface area contributed by atoms with Gasteiger partial charge in [-0.3, -0.25) is 10.7 Å². The number of aromatic hydroxyl groups is 1. The van der Waals surface area contributed by atoms with Crippen LogP contribution in [-0.2, 0) is 0 Å². The third kappa shape index (κ3) is 3.11. The van der Waals surface area contributed by atoms with Gasteiger partial charge < -0.3 is 15.7 Å². The van der Waals surface area contributed by atoms with E-state index in [1.165, 1.54) is 12.3 Å². The number of amidine groups is 1. The van der Waals surface area contributed by atoms with Crippen LogP contribution in [0.5, 0.6) is 5.75 Å². The van der Waals surface area contributed by atoms with Crippen molar-refractivity contribution in [3.63, 3.8) is 0 Å². The highest BCUT2D eigenvalue weighted by molar-refractivity contribution is 6.02. The van der Waals surface area contributed by atoms with Crippen molar-refractivity contribution in [3.8, 4) is 5.75 Å². The molecule has 0 bridgehead atoms. The minimum atomic E-state index is -0.612. The number of rotatable bonds is 3. The van der Waals surface area contributed by atoms with Crippen molar-refractivity contribution in [1.82, 2.24) is 9.88 Å². The molecule has 3 heterocycles. The highest BCUT2D eigenvalue weighted by Crippen LogP contribution is 2.34. The van der Waals surface area contributed by atoms with Gasteiger partial charge in [0.25, 0.3) is 0 Å². The molecule has 0 amide bonds. The number of halogens is 1. The number of allylic oxidation sites excluding steroid dienone is 3. The molecule has 8 heteroatoms. The maximum absolute atomic E-state index is 14.6. The maximum Gasteiger partial charge on any atom is 0.173 e. The van der Waals surface area contributed by atoms with Crippen molar-refractivity contribution in [1.29, 1.82) is 0 Å². The van der Waals surface area contributed by atoms with Crippen LogP contribution >= 0.6 is 0 Å². The lowest BCUT2D eigenvalue weighted by atomic mass is 10.0. The highest BCUT2D eigenvalue weighted by atomic mass is 19.1. The fourth-order valence-electron chi connectivity index (χ4n) is 2.88. The monoisotopic (exact) mass is 356 g/mol. The molecule has 5 N–H and O–H groups in total. The van der Waals surface area contributed by atoms with Crippen LogP contribution in [0, 0.1) is 0 Å². The Hall–Kier alpha value is -3.00. The van der Waals surface area contributed by atoms with Gasteiger partial charge in [0, 0.05) is 25.0 Å². The van der Waals surface area contributed by atoms with Gasteiger partial charge in [-0.25, -0.2) is 14.4 Å². The number of aliphatic imine (C=N–C) groups is 2. The zero-order valence-corrected chi connectivity index (χ0v) is 14.6. The Kier molecular flexibility index (Phi) is 4.85. The molecule has 1 aromatic heterocycles. The summed E-state index contributed by atoms with van der Waals surface area (Å²) < 4.78 is 14.6. The zero-order valence-electron chi connectivity index (χ0n) is 14.6. The van der Waals surface area contributed by atoms with Gasteiger partial charge in [0.2, 0.25) is 0 Å². The summed E-state index contributed by atoms with van der Waals surface area (Å²) in [6, 6.07) is 3.05.